The molecular weight excluding hydrogens is 776 g/mol. The Hall–Kier alpha value is -6.32. The van der Waals surface area contributed by atoms with Crippen LogP contribution in [0, 0.1) is 35.7 Å². The average molecular weight is 818 g/mol. The Bertz CT molecular complexity index is 2700. The van der Waals surface area contributed by atoms with Gasteiger partial charge in [0.1, 0.15) is 40.8 Å². The minimum atomic E-state index is -0.802. The zero-order valence-electron chi connectivity index (χ0n) is 33.3. The third-order valence-corrected chi connectivity index (χ3v) is 12.4. The maximum atomic E-state index is 15.4. The lowest BCUT2D eigenvalue weighted by atomic mass is 9.88. The summed E-state index contributed by atoms with van der Waals surface area (Å²) < 4.78 is 54.0. The summed E-state index contributed by atoms with van der Waals surface area (Å²) in [5.74, 6) is -0.0156. The van der Waals surface area contributed by atoms with Crippen molar-refractivity contribution < 1.29 is 22.7 Å². The number of likely N-dealkylation sites (tertiary alicyclic amines) is 1. The van der Waals surface area contributed by atoms with Crippen molar-refractivity contribution in [3.05, 3.63) is 78.0 Å². The van der Waals surface area contributed by atoms with Gasteiger partial charge in [0.25, 0.3) is 0 Å². The summed E-state index contributed by atoms with van der Waals surface area (Å²) in [6, 6.07) is 13.2. The van der Waals surface area contributed by atoms with Crippen LogP contribution in [0.15, 0.2) is 54.7 Å². The molecule has 6 bridgehead atoms. The number of piperazine rings is 1. The Balaban J connectivity index is 1.08. The summed E-state index contributed by atoms with van der Waals surface area (Å²) in [4.78, 5) is 42.8. The monoisotopic (exact) mass is 817 g/mol. The largest absolute Gasteiger partial charge is 0.378 e. The number of carbonyl (C=O) groups is 1. The summed E-state index contributed by atoms with van der Waals surface area (Å²) in [5, 5.41) is 17.8. The fourth-order valence-electron chi connectivity index (χ4n) is 9.57. The lowest BCUT2D eigenvalue weighted by Gasteiger charge is -2.56. The SMILES string of the molecule is CO[C@H]1CN(C)C(=O)[C@@H]2C[C@@H](CN2c2nc(N3C4CC3CN(CCC#N)C4)nc3c2cnn3-c2ccc(F)cc2F)Nc2cccc(n2)-c2cc(F)cc3nc(C)n(c23)C1. The standard InChI is InChI=1S/C42H42F3N13O2/c1-23-48-34-14-25(44)12-30-33-6-4-7-37(50-33)49-26-15-36(41(59)53(2)21-29(60-3)22-55(23)38(30)34)56(18-26)39-31-17-47-58(35-9-8-24(43)13-32(35)45)40(31)52-42(51-39)57-27-16-28(57)20-54(19-27)11-5-10-46/h4,6-9,12-14,17,26-29,36H,5,11,15-16,18-22H2,1-3H3,(H,49,50)/t26-,27?,28?,29-,36-/m0/s1. The number of methoxy groups -OCH3 is 1. The molecule has 15 nitrogen and oxygen atoms in total. The van der Waals surface area contributed by atoms with E-state index in [0.717, 1.165) is 31.1 Å². The van der Waals surface area contributed by atoms with Crippen LogP contribution in [0.1, 0.15) is 25.1 Å². The molecule has 6 aromatic rings. The minimum Gasteiger partial charge on any atom is -0.378 e. The lowest BCUT2D eigenvalue weighted by molar-refractivity contribution is -0.132. The van der Waals surface area contributed by atoms with Crippen LogP contribution < -0.4 is 15.1 Å². The quantitative estimate of drug-likeness (QED) is 0.249. The molecule has 5 atom stereocenters. The van der Waals surface area contributed by atoms with Gasteiger partial charge in [-0.25, -0.2) is 27.8 Å². The summed E-state index contributed by atoms with van der Waals surface area (Å²) in [7, 11) is 3.36. The molecule has 4 aliphatic rings. The summed E-state index contributed by atoms with van der Waals surface area (Å²) in [6.07, 6.45) is 2.85. The molecule has 3 fully saturated rings. The number of amides is 1. The Morgan fingerprint density at radius 1 is 0.950 bits per heavy atom. The predicted octanol–water partition coefficient (Wildman–Crippen LogP) is 4.68. The number of nitrogens with zero attached hydrogens (tertiary/aromatic N) is 12. The molecule has 1 amide bonds. The van der Waals surface area contributed by atoms with Gasteiger partial charge in [-0.1, -0.05) is 6.07 Å². The summed E-state index contributed by atoms with van der Waals surface area (Å²) in [5.41, 5.74) is 2.70. The van der Waals surface area contributed by atoms with Crippen molar-refractivity contribution in [1.29, 1.82) is 5.26 Å². The van der Waals surface area contributed by atoms with Gasteiger partial charge in [-0.3, -0.25) is 9.69 Å². The Morgan fingerprint density at radius 2 is 1.78 bits per heavy atom. The van der Waals surface area contributed by atoms with E-state index in [-0.39, 0.29) is 36.3 Å². The third kappa shape index (κ3) is 6.43. The first-order valence-corrected chi connectivity index (χ1v) is 20.1. The number of hydrogen-bond acceptors (Lipinski definition) is 12. The highest BCUT2D eigenvalue weighted by Gasteiger charge is 2.47. The van der Waals surface area contributed by atoms with Crippen LogP contribution in [0.25, 0.3) is 39.0 Å². The smallest absolute Gasteiger partial charge is 0.245 e. The molecule has 308 valence electrons. The highest BCUT2D eigenvalue weighted by atomic mass is 19.1. The van der Waals surface area contributed by atoms with E-state index < -0.39 is 29.6 Å². The number of hydrogen-bond donors (Lipinski definition) is 1. The van der Waals surface area contributed by atoms with E-state index in [9.17, 15) is 14.4 Å². The molecule has 3 saturated heterocycles. The van der Waals surface area contributed by atoms with E-state index in [2.05, 4.69) is 26.3 Å². The maximum absolute atomic E-state index is 15.4. The van der Waals surface area contributed by atoms with Gasteiger partial charge in [0, 0.05) is 89.1 Å². The molecule has 60 heavy (non-hydrogen) atoms. The topological polar surface area (TPSA) is 149 Å². The van der Waals surface area contributed by atoms with E-state index in [1.54, 1.807) is 25.3 Å². The highest BCUT2D eigenvalue weighted by Crippen LogP contribution is 2.40. The molecule has 0 spiro atoms. The second kappa shape index (κ2) is 14.7. The van der Waals surface area contributed by atoms with E-state index in [1.165, 1.54) is 28.9 Å². The number of nitrogens with one attached hydrogen (secondary N) is 1. The van der Waals surface area contributed by atoms with Crippen LogP contribution in [-0.2, 0) is 16.1 Å². The van der Waals surface area contributed by atoms with E-state index in [1.807, 2.05) is 34.6 Å². The molecule has 4 aromatic heterocycles. The number of aromatic nitrogens is 7. The van der Waals surface area contributed by atoms with Crippen LogP contribution in [0.4, 0.5) is 30.8 Å². The number of anilines is 3. The first-order chi connectivity index (χ1) is 29.1. The predicted molar refractivity (Wildman–Crippen MR) is 217 cm³/mol. The van der Waals surface area contributed by atoms with Crippen molar-refractivity contribution in [2.45, 2.75) is 63.0 Å². The number of aryl methyl sites for hydroxylation is 1. The van der Waals surface area contributed by atoms with Crippen LogP contribution >= 0.6 is 0 Å². The summed E-state index contributed by atoms with van der Waals surface area (Å²) in [6.45, 7) is 4.91. The van der Waals surface area contributed by atoms with Gasteiger partial charge in [-0.05, 0) is 50.1 Å². The molecule has 2 aromatic carbocycles. The van der Waals surface area contributed by atoms with Crippen LogP contribution in [0.3, 0.4) is 0 Å². The molecule has 2 unspecified atom stereocenters. The number of piperidine rings is 1. The number of rotatable bonds is 6. The van der Waals surface area contributed by atoms with Gasteiger partial charge < -0.3 is 29.3 Å². The Labute approximate surface area is 343 Å². The van der Waals surface area contributed by atoms with Gasteiger partial charge in [0.15, 0.2) is 11.5 Å². The van der Waals surface area contributed by atoms with Crippen molar-refractivity contribution in [2.75, 3.05) is 62.0 Å². The van der Waals surface area contributed by atoms with Crippen molar-refractivity contribution in [3.8, 4) is 23.0 Å². The highest BCUT2D eigenvalue weighted by molar-refractivity contribution is 5.94. The van der Waals surface area contributed by atoms with Crippen LogP contribution in [-0.4, -0.2) is 127 Å². The Morgan fingerprint density at radius 3 is 2.57 bits per heavy atom. The molecule has 0 saturated carbocycles. The van der Waals surface area contributed by atoms with Gasteiger partial charge >= 0.3 is 0 Å². The second-order valence-electron chi connectivity index (χ2n) is 16.2. The molecule has 0 aliphatic carbocycles. The van der Waals surface area contributed by atoms with Crippen molar-refractivity contribution in [3.63, 3.8) is 0 Å². The number of imidazole rings is 1. The maximum Gasteiger partial charge on any atom is 0.245 e. The van der Waals surface area contributed by atoms with Crippen molar-refractivity contribution >= 4 is 45.6 Å². The average Bonchev–Trinajstić information content (AvgIpc) is 3.93. The Kier molecular flexibility index (Phi) is 9.32. The van der Waals surface area contributed by atoms with Crippen LogP contribution in [0.2, 0.25) is 0 Å². The molecule has 1 N–H and O–H groups in total. The van der Waals surface area contributed by atoms with Crippen molar-refractivity contribution in [1.82, 2.24) is 44.1 Å². The van der Waals surface area contributed by atoms with E-state index in [4.69, 9.17) is 24.7 Å². The number of benzene rings is 2. The number of pyridine rings is 1. The lowest BCUT2D eigenvalue weighted by Crippen LogP contribution is -2.69. The number of halogens is 3. The van der Waals surface area contributed by atoms with E-state index >= 15 is 8.78 Å². The first-order valence-electron chi connectivity index (χ1n) is 20.1. The third-order valence-electron chi connectivity index (χ3n) is 12.4. The molecule has 18 heteroatoms. The summed E-state index contributed by atoms with van der Waals surface area (Å²) >= 11 is 0. The molecule has 0 radical (unpaired) electrons. The zero-order chi connectivity index (χ0) is 41.4. The van der Waals surface area contributed by atoms with Gasteiger partial charge in [-0.2, -0.15) is 20.3 Å². The van der Waals surface area contributed by atoms with Crippen molar-refractivity contribution in [2.24, 2.45) is 0 Å². The van der Waals surface area contributed by atoms with Crippen LogP contribution in [0.5, 0.6) is 0 Å². The van der Waals surface area contributed by atoms with Gasteiger partial charge in [0.2, 0.25) is 11.9 Å². The first kappa shape index (κ1) is 37.9. The molecule has 10 rings (SSSR count). The number of fused-ring (bicyclic) bond motifs is 8. The van der Waals surface area contributed by atoms with Gasteiger partial charge in [-0.15, -0.1) is 0 Å². The number of ether oxygens (including phenoxy) is 1. The zero-order valence-corrected chi connectivity index (χ0v) is 33.3. The fourth-order valence-corrected chi connectivity index (χ4v) is 9.57. The minimum absolute atomic E-state index is 0.0201. The number of carbonyl (C=O) groups excluding carboxylic acids is 1. The second-order valence-corrected chi connectivity index (χ2v) is 16.2. The van der Waals surface area contributed by atoms with Gasteiger partial charge in [0.05, 0.1) is 47.0 Å². The normalized spacial score (nSPS) is 23.1. The fraction of sp³-hybridized carbons (Fsp3) is 0.405. The number of likely N-dealkylation sites (N-methyl/N-ethyl adjacent to an activating group) is 1. The molecular formula is C42H42F3N13O2. The molecule has 8 heterocycles. The van der Waals surface area contributed by atoms with E-state index in [0.29, 0.717) is 83.7 Å². The molecule has 4 aliphatic heterocycles. The number of nitriles is 1.